The zero-order chi connectivity index (χ0) is 8.10. The SMILES string of the molecule is CCN1CCCC(C#N)CC1. The second kappa shape index (κ2) is 4.35. The summed E-state index contributed by atoms with van der Waals surface area (Å²) < 4.78 is 0. The van der Waals surface area contributed by atoms with Gasteiger partial charge in [0.1, 0.15) is 0 Å². The topological polar surface area (TPSA) is 27.0 Å². The van der Waals surface area contributed by atoms with Crippen LogP contribution in [-0.2, 0) is 0 Å². The third-order valence-corrected chi connectivity index (χ3v) is 2.45. The van der Waals surface area contributed by atoms with Crippen LogP contribution in [0.15, 0.2) is 0 Å². The summed E-state index contributed by atoms with van der Waals surface area (Å²) in [6.45, 7) is 5.63. The zero-order valence-electron chi connectivity index (χ0n) is 7.21. The maximum atomic E-state index is 8.71. The lowest BCUT2D eigenvalue weighted by Gasteiger charge is -2.16. The molecule has 0 aromatic heterocycles. The summed E-state index contributed by atoms with van der Waals surface area (Å²) in [5.74, 6) is 0.326. The molecule has 0 bridgehead atoms. The molecule has 0 saturated carbocycles. The fraction of sp³-hybridized carbons (Fsp3) is 0.889. The first-order valence-corrected chi connectivity index (χ1v) is 4.48. The highest BCUT2D eigenvalue weighted by atomic mass is 15.1. The van der Waals surface area contributed by atoms with E-state index in [1.165, 1.54) is 13.0 Å². The van der Waals surface area contributed by atoms with E-state index in [1.807, 2.05) is 0 Å². The van der Waals surface area contributed by atoms with Gasteiger partial charge >= 0.3 is 0 Å². The summed E-state index contributed by atoms with van der Waals surface area (Å²) in [4.78, 5) is 2.43. The molecule has 0 aliphatic carbocycles. The number of likely N-dealkylation sites (tertiary alicyclic amines) is 1. The molecule has 62 valence electrons. The van der Waals surface area contributed by atoms with E-state index in [9.17, 15) is 0 Å². The molecule has 0 amide bonds. The monoisotopic (exact) mass is 152 g/mol. The number of nitriles is 1. The summed E-state index contributed by atoms with van der Waals surface area (Å²) in [6.07, 6.45) is 3.38. The maximum Gasteiger partial charge on any atom is 0.0656 e. The molecular formula is C9H16N2. The van der Waals surface area contributed by atoms with Gasteiger partial charge in [0.25, 0.3) is 0 Å². The van der Waals surface area contributed by atoms with Crippen LogP contribution < -0.4 is 0 Å². The van der Waals surface area contributed by atoms with Gasteiger partial charge in [0, 0.05) is 5.92 Å². The van der Waals surface area contributed by atoms with E-state index in [2.05, 4.69) is 17.9 Å². The Morgan fingerprint density at radius 1 is 1.45 bits per heavy atom. The minimum atomic E-state index is 0.326. The minimum absolute atomic E-state index is 0.326. The summed E-state index contributed by atoms with van der Waals surface area (Å²) in [5, 5.41) is 8.71. The molecule has 1 rings (SSSR count). The van der Waals surface area contributed by atoms with E-state index in [0.29, 0.717) is 5.92 Å². The average molecular weight is 152 g/mol. The van der Waals surface area contributed by atoms with Gasteiger partial charge in [-0.25, -0.2) is 0 Å². The fourth-order valence-electron chi connectivity index (χ4n) is 1.60. The van der Waals surface area contributed by atoms with E-state index in [4.69, 9.17) is 5.26 Å². The lowest BCUT2D eigenvalue weighted by atomic mass is 10.0. The highest BCUT2D eigenvalue weighted by molar-refractivity contribution is 4.85. The molecular weight excluding hydrogens is 136 g/mol. The van der Waals surface area contributed by atoms with Crippen molar-refractivity contribution >= 4 is 0 Å². The van der Waals surface area contributed by atoms with Gasteiger partial charge in [-0.2, -0.15) is 5.26 Å². The van der Waals surface area contributed by atoms with Crippen molar-refractivity contribution in [3.05, 3.63) is 0 Å². The highest BCUT2D eigenvalue weighted by Crippen LogP contribution is 2.15. The second-order valence-corrected chi connectivity index (χ2v) is 3.19. The van der Waals surface area contributed by atoms with E-state index in [-0.39, 0.29) is 0 Å². The molecule has 11 heavy (non-hydrogen) atoms. The van der Waals surface area contributed by atoms with Crippen LogP contribution in [0.4, 0.5) is 0 Å². The third-order valence-electron chi connectivity index (χ3n) is 2.45. The molecule has 1 aliphatic heterocycles. The number of nitrogens with zero attached hydrogens (tertiary/aromatic N) is 2. The Kier molecular flexibility index (Phi) is 3.38. The van der Waals surface area contributed by atoms with E-state index < -0.39 is 0 Å². The molecule has 0 aromatic rings. The number of hydrogen-bond donors (Lipinski definition) is 0. The first-order valence-electron chi connectivity index (χ1n) is 4.48. The Hall–Kier alpha value is -0.550. The Morgan fingerprint density at radius 3 is 2.91 bits per heavy atom. The van der Waals surface area contributed by atoms with Gasteiger partial charge in [0.05, 0.1) is 6.07 Å². The lowest BCUT2D eigenvalue weighted by Crippen LogP contribution is -2.24. The summed E-state index contributed by atoms with van der Waals surface area (Å²) in [5.41, 5.74) is 0. The standard InChI is InChI=1S/C9H16N2/c1-2-11-6-3-4-9(8-10)5-7-11/h9H,2-7H2,1H3. The van der Waals surface area contributed by atoms with Crippen LogP contribution >= 0.6 is 0 Å². The summed E-state index contributed by atoms with van der Waals surface area (Å²) in [7, 11) is 0. The van der Waals surface area contributed by atoms with Crippen molar-refractivity contribution in [1.29, 1.82) is 5.26 Å². The second-order valence-electron chi connectivity index (χ2n) is 3.19. The molecule has 1 heterocycles. The lowest BCUT2D eigenvalue weighted by molar-refractivity contribution is 0.299. The van der Waals surface area contributed by atoms with Crippen LogP contribution in [0.25, 0.3) is 0 Å². The van der Waals surface area contributed by atoms with Crippen LogP contribution in [-0.4, -0.2) is 24.5 Å². The predicted octanol–water partition coefficient (Wildman–Crippen LogP) is 1.63. The molecule has 0 aromatic carbocycles. The van der Waals surface area contributed by atoms with Crippen molar-refractivity contribution in [2.45, 2.75) is 26.2 Å². The van der Waals surface area contributed by atoms with Crippen molar-refractivity contribution in [1.82, 2.24) is 4.90 Å². The quantitative estimate of drug-likeness (QED) is 0.571. The Labute approximate surface area is 68.8 Å². The van der Waals surface area contributed by atoms with Crippen molar-refractivity contribution in [2.24, 2.45) is 5.92 Å². The van der Waals surface area contributed by atoms with Gasteiger partial charge in [-0.3, -0.25) is 0 Å². The molecule has 1 atom stereocenters. The predicted molar refractivity (Wildman–Crippen MR) is 45.1 cm³/mol. The molecule has 0 radical (unpaired) electrons. The third kappa shape index (κ3) is 2.51. The largest absolute Gasteiger partial charge is 0.304 e. The molecule has 1 fully saturated rings. The smallest absolute Gasteiger partial charge is 0.0656 e. The normalized spacial score (nSPS) is 27.5. The minimum Gasteiger partial charge on any atom is -0.304 e. The fourth-order valence-corrected chi connectivity index (χ4v) is 1.60. The van der Waals surface area contributed by atoms with Crippen molar-refractivity contribution in [3.63, 3.8) is 0 Å². The highest BCUT2D eigenvalue weighted by Gasteiger charge is 2.14. The first-order chi connectivity index (χ1) is 5.36. The molecule has 1 saturated heterocycles. The molecule has 0 spiro atoms. The van der Waals surface area contributed by atoms with E-state index >= 15 is 0 Å². The van der Waals surface area contributed by atoms with E-state index in [0.717, 1.165) is 25.9 Å². The van der Waals surface area contributed by atoms with Crippen LogP contribution in [0, 0.1) is 17.2 Å². The Morgan fingerprint density at radius 2 is 2.27 bits per heavy atom. The van der Waals surface area contributed by atoms with Crippen molar-refractivity contribution in [3.8, 4) is 6.07 Å². The molecule has 2 nitrogen and oxygen atoms in total. The molecule has 0 N–H and O–H groups in total. The molecule has 2 heteroatoms. The zero-order valence-corrected chi connectivity index (χ0v) is 7.21. The van der Waals surface area contributed by atoms with Crippen molar-refractivity contribution in [2.75, 3.05) is 19.6 Å². The first kappa shape index (κ1) is 8.55. The number of rotatable bonds is 1. The van der Waals surface area contributed by atoms with Gasteiger partial charge < -0.3 is 4.90 Å². The number of hydrogen-bond acceptors (Lipinski definition) is 2. The van der Waals surface area contributed by atoms with Gasteiger partial charge in [0.2, 0.25) is 0 Å². The van der Waals surface area contributed by atoms with E-state index in [1.54, 1.807) is 0 Å². The summed E-state index contributed by atoms with van der Waals surface area (Å²) >= 11 is 0. The van der Waals surface area contributed by atoms with Gasteiger partial charge in [-0.1, -0.05) is 6.92 Å². The van der Waals surface area contributed by atoms with Crippen molar-refractivity contribution < 1.29 is 0 Å². The average Bonchev–Trinajstić information content (AvgIpc) is 2.28. The van der Waals surface area contributed by atoms with Crippen LogP contribution in [0.2, 0.25) is 0 Å². The Balaban J connectivity index is 2.34. The molecule has 1 aliphatic rings. The summed E-state index contributed by atoms with van der Waals surface area (Å²) in [6, 6.07) is 2.36. The Bertz CT molecular complexity index is 148. The van der Waals surface area contributed by atoms with Gasteiger partial charge in [0.15, 0.2) is 0 Å². The van der Waals surface area contributed by atoms with Crippen LogP contribution in [0.3, 0.4) is 0 Å². The van der Waals surface area contributed by atoms with Gasteiger partial charge in [-0.15, -0.1) is 0 Å². The molecule has 1 unspecified atom stereocenters. The van der Waals surface area contributed by atoms with Crippen LogP contribution in [0.5, 0.6) is 0 Å². The van der Waals surface area contributed by atoms with Gasteiger partial charge in [-0.05, 0) is 38.9 Å². The maximum absolute atomic E-state index is 8.71. The van der Waals surface area contributed by atoms with Crippen LogP contribution in [0.1, 0.15) is 26.2 Å².